The highest BCUT2D eigenvalue weighted by Gasteiger charge is 2.48. The van der Waals surface area contributed by atoms with E-state index < -0.39 is 11.5 Å². The topological polar surface area (TPSA) is 67.8 Å². The number of ether oxygens (including phenoxy) is 2. The van der Waals surface area contributed by atoms with Crippen molar-refractivity contribution in [1.82, 2.24) is 5.32 Å². The first-order valence-electron chi connectivity index (χ1n) is 7.69. The van der Waals surface area contributed by atoms with Crippen LogP contribution in [0.15, 0.2) is 0 Å². The van der Waals surface area contributed by atoms with Crippen molar-refractivity contribution in [2.75, 3.05) is 26.4 Å². The zero-order chi connectivity index (χ0) is 15.0. The second kappa shape index (κ2) is 8.60. The molecule has 2 atom stereocenters. The third-order valence-corrected chi connectivity index (χ3v) is 3.94. The smallest absolute Gasteiger partial charge is 0.324 e. The molecule has 118 valence electrons. The lowest BCUT2D eigenvalue weighted by Gasteiger charge is -2.34. The zero-order valence-electron chi connectivity index (χ0n) is 13.0. The van der Waals surface area contributed by atoms with Crippen LogP contribution >= 0.6 is 0 Å². The van der Waals surface area contributed by atoms with E-state index >= 15 is 0 Å². The van der Waals surface area contributed by atoms with Gasteiger partial charge in [-0.25, -0.2) is 0 Å². The lowest BCUT2D eigenvalue weighted by molar-refractivity contribution is -0.147. The van der Waals surface area contributed by atoms with Crippen molar-refractivity contribution in [1.29, 1.82) is 0 Å². The highest BCUT2D eigenvalue weighted by atomic mass is 16.5. The first kappa shape index (κ1) is 17.4. The molecule has 5 nitrogen and oxygen atoms in total. The molecule has 0 aromatic heterocycles. The summed E-state index contributed by atoms with van der Waals surface area (Å²) in [4.78, 5) is 11.7. The van der Waals surface area contributed by atoms with E-state index in [4.69, 9.17) is 9.47 Å². The van der Waals surface area contributed by atoms with E-state index in [1.54, 1.807) is 0 Å². The normalized spacial score (nSPS) is 26.3. The largest absolute Gasteiger partial charge is 0.480 e. The van der Waals surface area contributed by atoms with Crippen LogP contribution in [0.3, 0.4) is 0 Å². The molecular formula is C15H29NO4. The summed E-state index contributed by atoms with van der Waals surface area (Å²) in [6, 6.07) is 0.172. The third kappa shape index (κ3) is 4.72. The summed E-state index contributed by atoms with van der Waals surface area (Å²) in [7, 11) is 0. The summed E-state index contributed by atoms with van der Waals surface area (Å²) in [5.41, 5.74) is -0.766. The lowest BCUT2D eigenvalue weighted by atomic mass is 9.84. The Morgan fingerprint density at radius 1 is 1.35 bits per heavy atom. The van der Waals surface area contributed by atoms with Crippen molar-refractivity contribution in [2.45, 2.75) is 58.0 Å². The summed E-state index contributed by atoms with van der Waals surface area (Å²) in [5.74, 6) is -0.572. The van der Waals surface area contributed by atoms with Gasteiger partial charge in [-0.15, -0.1) is 0 Å². The Morgan fingerprint density at radius 2 is 2.05 bits per heavy atom. The number of hydrogen-bond donors (Lipinski definition) is 2. The summed E-state index contributed by atoms with van der Waals surface area (Å²) in [5, 5.41) is 12.9. The Labute approximate surface area is 122 Å². The number of aliphatic carboxylic acids is 1. The number of carboxylic acid groups (broad SMARTS) is 1. The molecule has 1 rings (SSSR count). The SMILES string of the molecule is CCOCCOCCC1CCCC1(NC(C)C)C(=O)O. The van der Waals surface area contributed by atoms with Gasteiger partial charge in [0.2, 0.25) is 0 Å². The van der Waals surface area contributed by atoms with E-state index in [9.17, 15) is 9.90 Å². The molecular weight excluding hydrogens is 258 g/mol. The van der Waals surface area contributed by atoms with Crippen LogP contribution in [0.25, 0.3) is 0 Å². The van der Waals surface area contributed by atoms with E-state index in [0.717, 1.165) is 19.3 Å². The van der Waals surface area contributed by atoms with E-state index in [2.05, 4.69) is 5.32 Å². The minimum absolute atomic E-state index is 0.148. The lowest BCUT2D eigenvalue weighted by Crippen LogP contribution is -2.57. The predicted octanol–water partition coefficient (Wildman–Crippen LogP) is 2.05. The molecule has 1 saturated carbocycles. The van der Waals surface area contributed by atoms with Gasteiger partial charge in [0.05, 0.1) is 13.2 Å². The minimum atomic E-state index is -0.766. The fraction of sp³-hybridized carbons (Fsp3) is 0.933. The molecule has 20 heavy (non-hydrogen) atoms. The van der Waals surface area contributed by atoms with Gasteiger partial charge in [-0.2, -0.15) is 0 Å². The molecule has 1 aliphatic rings. The standard InChI is InChI=1S/C15H29NO4/c1-4-19-10-11-20-9-7-13-6-5-8-15(13,14(17)18)16-12(2)3/h12-13,16H,4-11H2,1-3H3,(H,17,18). The van der Waals surface area contributed by atoms with Crippen molar-refractivity contribution < 1.29 is 19.4 Å². The van der Waals surface area contributed by atoms with Gasteiger partial charge in [0.25, 0.3) is 0 Å². The molecule has 1 aliphatic carbocycles. The quantitative estimate of drug-likeness (QED) is 0.602. The Kier molecular flexibility index (Phi) is 7.48. The van der Waals surface area contributed by atoms with Crippen LogP contribution in [0.2, 0.25) is 0 Å². The minimum Gasteiger partial charge on any atom is -0.480 e. The van der Waals surface area contributed by atoms with Crippen molar-refractivity contribution in [3.63, 3.8) is 0 Å². The molecule has 0 saturated heterocycles. The van der Waals surface area contributed by atoms with Gasteiger partial charge in [0.15, 0.2) is 0 Å². The Hall–Kier alpha value is -0.650. The van der Waals surface area contributed by atoms with Crippen LogP contribution in [-0.2, 0) is 14.3 Å². The molecule has 0 aromatic carbocycles. The van der Waals surface area contributed by atoms with Crippen LogP contribution in [0.1, 0.15) is 46.5 Å². The molecule has 0 amide bonds. The van der Waals surface area contributed by atoms with E-state index in [1.807, 2.05) is 20.8 Å². The Balaban J connectivity index is 2.43. The van der Waals surface area contributed by atoms with Gasteiger partial charge in [-0.05, 0) is 46.0 Å². The van der Waals surface area contributed by atoms with Gasteiger partial charge in [-0.1, -0.05) is 6.42 Å². The average molecular weight is 287 g/mol. The molecule has 0 heterocycles. The average Bonchev–Trinajstić information content (AvgIpc) is 2.77. The third-order valence-electron chi connectivity index (χ3n) is 3.94. The molecule has 2 unspecified atom stereocenters. The molecule has 0 radical (unpaired) electrons. The predicted molar refractivity (Wildman–Crippen MR) is 77.9 cm³/mol. The van der Waals surface area contributed by atoms with Crippen LogP contribution in [-0.4, -0.2) is 49.1 Å². The van der Waals surface area contributed by atoms with Gasteiger partial charge in [-0.3, -0.25) is 10.1 Å². The van der Waals surface area contributed by atoms with E-state index in [0.29, 0.717) is 32.8 Å². The van der Waals surface area contributed by atoms with Crippen molar-refractivity contribution >= 4 is 5.97 Å². The Bertz CT molecular complexity index is 296. The van der Waals surface area contributed by atoms with Gasteiger partial charge in [0.1, 0.15) is 5.54 Å². The molecule has 0 aromatic rings. The van der Waals surface area contributed by atoms with Gasteiger partial charge >= 0.3 is 5.97 Å². The second-order valence-electron chi connectivity index (χ2n) is 5.76. The van der Waals surface area contributed by atoms with Crippen LogP contribution in [0, 0.1) is 5.92 Å². The van der Waals surface area contributed by atoms with E-state index in [-0.39, 0.29) is 12.0 Å². The maximum absolute atomic E-state index is 11.7. The number of carboxylic acids is 1. The fourth-order valence-electron chi connectivity index (χ4n) is 3.11. The molecule has 2 N–H and O–H groups in total. The Morgan fingerprint density at radius 3 is 2.65 bits per heavy atom. The molecule has 0 bridgehead atoms. The van der Waals surface area contributed by atoms with Crippen molar-refractivity contribution in [3.8, 4) is 0 Å². The fourth-order valence-corrected chi connectivity index (χ4v) is 3.11. The molecule has 1 fully saturated rings. The first-order chi connectivity index (χ1) is 9.53. The summed E-state index contributed by atoms with van der Waals surface area (Å²) in [6.45, 7) is 8.45. The summed E-state index contributed by atoms with van der Waals surface area (Å²) >= 11 is 0. The highest BCUT2D eigenvalue weighted by molar-refractivity contribution is 5.79. The van der Waals surface area contributed by atoms with Crippen molar-refractivity contribution in [2.24, 2.45) is 5.92 Å². The zero-order valence-corrected chi connectivity index (χ0v) is 13.0. The molecule has 0 spiro atoms. The summed E-state index contributed by atoms with van der Waals surface area (Å²) < 4.78 is 10.7. The van der Waals surface area contributed by atoms with Crippen LogP contribution in [0.4, 0.5) is 0 Å². The number of rotatable bonds is 10. The van der Waals surface area contributed by atoms with Crippen LogP contribution < -0.4 is 5.32 Å². The molecule has 0 aliphatic heterocycles. The van der Waals surface area contributed by atoms with Crippen molar-refractivity contribution in [3.05, 3.63) is 0 Å². The first-order valence-corrected chi connectivity index (χ1v) is 7.69. The monoisotopic (exact) mass is 287 g/mol. The summed E-state index contributed by atoms with van der Waals surface area (Å²) in [6.07, 6.45) is 3.43. The second-order valence-corrected chi connectivity index (χ2v) is 5.76. The maximum Gasteiger partial charge on any atom is 0.324 e. The van der Waals surface area contributed by atoms with Gasteiger partial charge < -0.3 is 14.6 Å². The highest BCUT2D eigenvalue weighted by Crippen LogP contribution is 2.38. The van der Waals surface area contributed by atoms with Gasteiger partial charge in [0, 0.05) is 19.3 Å². The number of hydrogen-bond acceptors (Lipinski definition) is 4. The molecule has 5 heteroatoms. The number of carbonyl (C=O) groups is 1. The maximum atomic E-state index is 11.7. The van der Waals surface area contributed by atoms with Crippen LogP contribution in [0.5, 0.6) is 0 Å². The number of nitrogens with one attached hydrogen (secondary N) is 1. The van der Waals surface area contributed by atoms with E-state index in [1.165, 1.54) is 0 Å².